The van der Waals surface area contributed by atoms with Crippen molar-refractivity contribution in [1.82, 2.24) is 4.90 Å². The van der Waals surface area contributed by atoms with Crippen LogP contribution in [0.4, 0.5) is 0 Å². The van der Waals surface area contributed by atoms with Gasteiger partial charge in [0.05, 0.1) is 12.6 Å². The predicted molar refractivity (Wildman–Crippen MR) is 83.6 cm³/mol. The largest absolute Gasteiger partial charge is 0.454 e. The molecule has 5 nitrogen and oxygen atoms in total. The quantitative estimate of drug-likeness (QED) is 0.923. The van der Waals surface area contributed by atoms with Gasteiger partial charge in [-0.25, -0.2) is 0 Å². The summed E-state index contributed by atoms with van der Waals surface area (Å²) in [5.74, 6) is 1.35. The first-order valence-electron chi connectivity index (χ1n) is 7.67. The Balaban J connectivity index is 1.70. The van der Waals surface area contributed by atoms with Crippen LogP contribution >= 0.6 is 0 Å². The van der Waals surface area contributed by atoms with Crippen molar-refractivity contribution in [2.45, 2.75) is 12.5 Å². The number of benzene rings is 2. The molecule has 2 aliphatic heterocycles. The normalized spacial score (nSPS) is 18.7. The van der Waals surface area contributed by atoms with Crippen molar-refractivity contribution >= 4 is 5.91 Å². The van der Waals surface area contributed by atoms with E-state index in [1.165, 1.54) is 0 Å². The second-order valence-electron chi connectivity index (χ2n) is 5.72. The molecule has 118 valence electrons. The van der Waals surface area contributed by atoms with Crippen LogP contribution in [-0.4, -0.2) is 35.9 Å². The second-order valence-corrected chi connectivity index (χ2v) is 5.72. The number of carbonyl (C=O) groups excluding carboxylic acids is 1. The number of amides is 1. The topological polar surface area (TPSA) is 59.0 Å². The number of ether oxygens (including phenoxy) is 2. The zero-order valence-electron chi connectivity index (χ0n) is 12.6. The molecule has 0 saturated heterocycles. The first kappa shape index (κ1) is 14.1. The molecule has 0 spiro atoms. The number of aliphatic hydroxyl groups excluding tert-OH is 1. The lowest BCUT2D eigenvalue weighted by atomic mass is 9.91. The van der Waals surface area contributed by atoms with E-state index in [-0.39, 0.29) is 25.3 Å². The Morgan fingerprint density at radius 1 is 1.17 bits per heavy atom. The minimum atomic E-state index is -0.360. The molecule has 5 heteroatoms. The predicted octanol–water partition coefficient (Wildman–Crippen LogP) is 2.15. The van der Waals surface area contributed by atoms with Crippen molar-refractivity contribution in [3.8, 4) is 11.5 Å². The van der Waals surface area contributed by atoms with Gasteiger partial charge in [-0.1, -0.05) is 18.2 Å². The number of hydrogen-bond acceptors (Lipinski definition) is 4. The molecular formula is C18H17NO4. The Hall–Kier alpha value is -2.53. The van der Waals surface area contributed by atoms with Gasteiger partial charge in [0.25, 0.3) is 5.91 Å². The van der Waals surface area contributed by atoms with Gasteiger partial charge in [-0.2, -0.15) is 0 Å². The lowest BCUT2D eigenvalue weighted by Crippen LogP contribution is -2.41. The maximum Gasteiger partial charge on any atom is 0.254 e. The van der Waals surface area contributed by atoms with Crippen LogP contribution in [0.15, 0.2) is 42.5 Å². The van der Waals surface area contributed by atoms with Gasteiger partial charge in [0, 0.05) is 12.1 Å². The van der Waals surface area contributed by atoms with Gasteiger partial charge in [0.2, 0.25) is 6.79 Å². The first-order chi connectivity index (χ1) is 11.3. The molecular weight excluding hydrogens is 294 g/mol. The maximum absolute atomic E-state index is 12.8. The number of fused-ring (bicyclic) bond motifs is 2. The van der Waals surface area contributed by atoms with E-state index in [9.17, 15) is 9.90 Å². The minimum Gasteiger partial charge on any atom is -0.454 e. The average molecular weight is 311 g/mol. The van der Waals surface area contributed by atoms with Gasteiger partial charge >= 0.3 is 0 Å². The number of aliphatic hydroxyl groups is 1. The minimum absolute atomic E-state index is 0.0621. The zero-order valence-corrected chi connectivity index (χ0v) is 12.6. The molecule has 2 aliphatic rings. The SMILES string of the molecule is O=C(c1ccccc1)N1CCc2cc3c(cc2C1CO)OCO3. The molecule has 0 radical (unpaired) electrons. The van der Waals surface area contributed by atoms with Crippen LogP contribution < -0.4 is 9.47 Å². The lowest BCUT2D eigenvalue weighted by Gasteiger charge is -2.36. The third-order valence-electron chi connectivity index (χ3n) is 4.45. The molecule has 2 aromatic carbocycles. The highest BCUT2D eigenvalue weighted by Gasteiger charge is 2.32. The van der Waals surface area contributed by atoms with Gasteiger partial charge in [-0.15, -0.1) is 0 Å². The molecule has 0 saturated carbocycles. The van der Waals surface area contributed by atoms with E-state index < -0.39 is 0 Å². The second kappa shape index (κ2) is 5.59. The van der Waals surface area contributed by atoms with Gasteiger partial charge < -0.3 is 19.5 Å². The Morgan fingerprint density at radius 2 is 1.91 bits per heavy atom. The molecule has 0 aromatic heterocycles. The number of hydrogen-bond donors (Lipinski definition) is 1. The molecule has 2 aromatic rings. The molecule has 0 aliphatic carbocycles. The molecule has 0 bridgehead atoms. The van der Waals surface area contributed by atoms with E-state index in [1.807, 2.05) is 30.3 Å². The highest BCUT2D eigenvalue weighted by atomic mass is 16.7. The first-order valence-corrected chi connectivity index (χ1v) is 7.67. The third-order valence-corrected chi connectivity index (χ3v) is 4.45. The van der Waals surface area contributed by atoms with Gasteiger partial charge in [-0.3, -0.25) is 4.79 Å². The Bertz CT molecular complexity index is 744. The Morgan fingerprint density at radius 3 is 2.65 bits per heavy atom. The van der Waals surface area contributed by atoms with Gasteiger partial charge in [0.15, 0.2) is 11.5 Å². The molecule has 1 unspecified atom stereocenters. The summed E-state index contributed by atoms with van der Waals surface area (Å²) in [5.41, 5.74) is 2.67. The van der Waals surface area contributed by atoms with E-state index in [2.05, 4.69) is 0 Å². The van der Waals surface area contributed by atoms with Crippen LogP contribution in [0.25, 0.3) is 0 Å². The summed E-state index contributed by atoms with van der Waals surface area (Å²) >= 11 is 0. The fourth-order valence-electron chi connectivity index (χ4n) is 3.28. The monoisotopic (exact) mass is 311 g/mol. The van der Waals surface area contributed by atoms with E-state index >= 15 is 0 Å². The van der Waals surface area contributed by atoms with E-state index in [0.29, 0.717) is 17.9 Å². The fraction of sp³-hybridized carbons (Fsp3) is 0.278. The van der Waals surface area contributed by atoms with E-state index in [0.717, 1.165) is 23.3 Å². The number of carbonyl (C=O) groups is 1. The number of nitrogens with zero attached hydrogens (tertiary/aromatic N) is 1. The van der Waals surface area contributed by atoms with Crippen molar-refractivity contribution < 1.29 is 19.4 Å². The summed E-state index contributed by atoms with van der Waals surface area (Å²) in [6.07, 6.45) is 0.737. The molecule has 4 rings (SSSR count). The van der Waals surface area contributed by atoms with Crippen molar-refractivity contribution in [2.75, 3.05) is 19.9 Å². The van der Waals surface area contributed by atoms with E-state index in [1.54, 1.807) is 17.0 Å². The van der Waals surface area contributed by atoms with Crippen molar-refractivity contribution in [1.29, 1.82) is 0 Å². The van der Waals surface area contributed by atoms with Crippen molar-refractivity contribution in [3.63, 3.8) is 0 Å². The highest BCUT2D eigenvalue weighted by molar-refractivity contribution is 5.94. The Labute approximate surface area is 134 Å². The van der Waals surface area contributed by atoms with Crippen LogP contribution in [0, 0.1) is 0 Å². The maximum atomic E-state index is 12.8. The highest BCUT2D eigenvalue weighted by Crippen LogP contribution is 2.40. The molecule has 0 fully saturated rings. The molecule has 23 heavy (non-hydrogen) atoms. The van der Waals surface area contributed by atoms with Crippen LogP contribution in [0.1, 0.15) is 27.5 Å². The zero-order chi connectivity index (χ0) is 15.8. The van der Waals surface area contributed by atoms with Crippen LogP contribution in [0.5, 0.6) is 11.5 Å². The summed E-state index contributed by atoms with van der Waals surface area (Å²) in [7, 11) is 0. The fourth-order valence-corrected chi connectivity index (χ4v) is 3.28. The lowest BCUT2D eigenvalue weighted by molar-refractivity contribution is 0.0568. The Kier molecular flexibility index (Phi) is 3.42. The summed E-state index contributed by atoms with van der Waals surface area (Å²) in [6, 6.07) is 12.7. The van der Waals surface area contributed by atoms with Crippen LogP contribution in [0.3, 0.4) is 0 Å². The standard InChI is InChI=1S/C18H17NO4/c20-10-15-14-9-17-16(22-11-23-17)8-13(14)6-7-19(15)18(21)12-4-2-1-3-5-12/h1-5,8-9,15,20H,6-7,10-11H2. The summed E-state index contributed by atoms with van der Waals surface area (Å²) in [5, 5.41) is 9.89. The summed E-state index contributed by atoms with van der Waals surface area (Å²) < 4.78 is 10.8. The summed E-state index contributed by atoms with van der Waals surface area (Å²) in [6.45, 7) is 0.672. The van der Waals surface area contributed by atoms with Crippen molar-refractivity contribution in [3.05, 3.63) is 59.2 Å². The smallest absolute Gasteiger partial charge is 0.254 e. The molecule has 1 atom stereocenters. The average Bonchev–Trinajstić information content (AvgIpc) is 3.06. The molecule has 2 heterocycles. The van der Waals surface area contributed by atoms with E-state index in [4.69, 9.17) is 9.47 Å². The van der Waals surface area contributed by atoms with Gasteiger partial charge in [-0.05, 0) is 41.8 Å². The molecule has 1 amide bonds. The van der Waals surface area contributed by atoms with Crippen molar-refractivity contribution in [2.24, 2.45) is 0 Å². The van der Waals surface area contributed by atoms with Crippen LogP contribution in [-0.2, 0) is 6.42 Å². The number of rotatable bonds is 2. The van der Waals surface area contributed by atoms with Gasteiger partial charge in [0.1, 0.15) is 0 Å². The third kappa shape index (κ3) is 2.33. The molecule has 1 N–H and O–H groups in total. The van der Waals surface area contributed by atoms with Crippen LogP contribution in [0.2, 0.25) is 0 Å². The summed E-state index contributed by atoms with van der Waals surface area (Å²) in [4.78, 5) is 14.5.